The molecule has 168 valence electrons. The van der Waals surface area contributed by atoms with Gasteiger partial charge in [0, 0.05) is 29.4 Å². The van der Waals surface area contributed by atoms with Gasteiger partial charge in [0.15, 0.2) is 0 Å². The van der Waals surface area contributed by atoms with Gasteiger partial charge in [-0.05, 0) is 61.9 Å². The molecule has 2 aromatic heterocycles. The Hall–Kier alpha value is -3.52. The monoisotopic (exact) mass is 462 g/mol. The van der Waals surface area contributed by atoms with Gasteiger partial charge < -0.3 is 15.2 Å². The summed E-state index contributed by atoms with van der Waals surface area (Å²) in [6, 6.07) is 17.1. The molecule has 2 aromatic carbocycles. The normalized spacial score (nSPS) is 18.2. The molecule has 0 spiro atoms. The number of anilines is 1. The zero-order valence-corrected chi connectivity index (χ0v) is 19.0. The summed E-state index contributed by atoms with van der Waals surface area (Å²) in [6.07, 6.45) is 0.773. The molecule has 6 nitrogen and oxygen atoms in total. The molecule has 2 heterocycles. The molecule has 1 fully saturated rings. The summed E-state index contributed by atoms with van der Waals surface area (Å²) in [5, 5.41) is 3.07. The summed E-state index contributed by atoms with van der Waals surface area (Å²) in [6.45, 7) is 1.92. The van der Waals surface area contributed by atoms with E-state index >= 15 is 0 Å². The second-order valence-corrected chi connectivity index (χ2v) is 9.48. The second kappa shape index (κ2) is 8.44. The number of fused-ring (bicyclic) bond motifs is 1. The first kappa shape index (κ1) is 21.3. The number of hydrogen-bond acceptors (Lipinski definition) is 4. The number of para-hydroxylation sites is 2. The third kappa shape index (κ3) is 4.26. The van der Waals surface area contributed by atoms with E-state index in [0.717, 1.165) is 28.2 Å². The van der Waals surface area contributed by atoms with Gasteiger partial charge in [0.25, 0.3) is 5.91 Å². The highest BCUT2D eigenvalue weighted by molar-refractivity contribution is 7.14. The van der Waals surface area contributed by atoms with Gasteiger partial charge in [-0.25, -0.2) is 9.37 Å². The van der Waals surface area contributed by atoms with Crippen LogP contribution in [0.5, 0.6) is 0 Å². The quantitative estimate of drug-likeness (QED) is 0.422. The lowest BCUT2D eigenvalue weighted by Crippen LogP contribution is -2.28. The van der Waals surface area contributed by atoms with Gasteiger partial charge in [0.1, 0.15) is 11.6 Å². The minimum absolute atomic E-state index is 0.00216. The highest BCUT2D eigenvalue weighted by atomic mass is 32.1. The first-order valence-corrected chi connectivity index (χ1v) is 11.6. The number of halogens is 1. The van der Waals surface area contributed by atoms with Crippen LogP contribution in [0.4, 0.5) is 10.1 Å². The van der Waals surface area contributed by atoms with Crippen LogP contribution in [0, 0.1) is 11.7 Å². The highest BCUT2D eigenvalue weighted by Gasteiger charge is 2.46. The molecule has 2 amide bonds. The number of H-pyrrole nitrogens is 1. The molecule has 3 atom stereocenters. The lowest BCUT2D eigenvalue weighted by molar-refractivity contribution is -0.123. The number of aromatic amines is 1. The average molecular weight is 463 g/mol. The fourth-order valence-electron chi connectivity index (χ4n) is 3.97. The fraction of sp³-hybridized carbons (Fsp3) is 0.240. The third-order valence-electron chi connectivity index (χ3n) is 6.03. The van der Waals surface area contributed by atoms with Crippen LogP contribution >= 0.6 is 11.3 Å². The SMILES string of the molecule is CC(NC(=O)[C@@H]1C[C@H]1c1nc2ccccc2[nH]1)c1ccc(C(=O)N(C)c2ccc(F)cc2)s1. The maximum absolute atomic E-state index is 13.2. The van der Waals surface area contributed by atoms with Crippen molar-refractivity contribution in [2.45, 2.75) is 25.3 Å². The number of carbonyl (C=O) groups is 2. The number of imidazole rings is 1. The lowest BCUT2D eigenvalue weighted by atomic mass is 10.2. The van der Waals surface area contributed by atoms with Gasteiger partial charge in [-0.15, -0.1) is 11.3 Å². The summed E-state index contributed by atoms with van der Waals surface area (Å²) in [5.41, 5.74) is 2.50. The van der Waals surface area contributed by atoms with E-state index in [1.165, 1.54) is 28.4 Å². The smallest absolute Gasteiger partial charge is 0.268 e. The van der Waals surface area contributed by atoms with Crippen LogP contribution < -0.4 is 10.2 Å². The summed E-state index contributed by atoms with van der Waals surface area (Å²) >= 11 is 1.35. The number of nitrogens with one attached hydrogen (secondary N) is 2. The van der Waals surface area contributed by atoms with Crippen molar-refractivity contribution in [1.29, 1.82) is 0 Å². The Morgan fingerprint density at radius 1 is 1.15 bits per heavy atom. The van der Waals surface area contributed by atoms with E-state index in [9.17, 15) is 14.0 Å². The molecule has 0 bridgehead atoms. The molecule has 33 heavy (non-hydrogen) atoms. The molecule has 1 aliphatic rings. The van der Waals surface area contributed by atoms with Crippen LogP contribution in [0.15, 0.2) is 60.7 Å². The lowest BCUT2D eigenvalue weighted by Gasteiger charge is -2.16. The Morgan fingerprint density at radius 3 is 2.67 bits per heavy atom. The number of carbonyl (C=O) groups excluding carboxylic acids is 2. The van der Waals surface area contributed by atoms with Crippen LogP contribution in [0.25, 0.3) is 11.0 Å². The number of hydrogen-bond donors (Lipinski definition) is 2. The number of rotatable bonds is 6. The van der Waals surface area contributed by atoms with Gasteiger partial charge >= 0.3 is 0 Å². The van der Waals surface area contributed by atoms with Crippen molar-refractivity contribution < 1.29 is 14.0 Å². The largest absolute Gasteiger partial charge is 0.349 e. The molecular formula is C25H23FN4O2S. The van der Waals surface area contributed by atoms with E-state index in [2.05, 4.69) is 15.3 Å². The number of benzene rings is 2. The first-order chi connectivity index (χ1) is 15.9. The molecule has 0 radical (unpaired) electrons. The Labute approximate surface area is 194 Å². The van der Waals surface area contributed by atoms with Crippen LogP contribution in [0.1, 0.15) is 45.7 Å². The zero-order chi connectivity index (χ0) is 23.1. The number of aromatic nitrogens is 2. The molecule has 1 saturated carbocycles. The van der Waals surface area contributed by atoms with E-state index < -0.39 is 0 Å². The van der Waals surface area contributed by atoms with Crippen molar-refractivity contribution in [2.75, 3.05) is 11.9 Å². The molecule has 0 saturated heterocycles. The van der Waals surface area contributed by atoms with Gasteiger partial charge in [-0.3, -0.25) is 9.59 Å². The van der Waals surface area contributed by atoms with Gasteiger partial charge in [-0.2, -0.15) is 0 Å². The van der Waals surface area contributed by atoms with Gasteiger partial charge in [-0.1, -0.05) is 12.1 Å². The van der Waals surface area contributed by atoms with Crippen molar-refractivity contribution in [3.05, 3.63) is 82.1 Å². The molecule has 1 unspecified atom stereocenters. The molecule has 1 aliphatic carbocycles. The molecule has 2 N–H and O–H groups in total. The Balaban J connectivity index is 1.21. The third-order valence-corrected chi connectivity index (χ3v) is 7.28. The van der Waals surface area contributed by atoms with Crippen molar-refractivity contribution in [2.24, 2.45) is 5.92 Å². The Kier molecular flexibility index (Phi) is 5.46. The first-order valence-electron chi connectivity index (χ1n) is 10.8. The maximum Gasteiger partial charge on any atom is 0.268 e. The average Bonchev–Trinajstić information content (AvgIpc) is 3.26. The van der Waals surface area contributed by atoms with Crippen molar-refractivity contribution in [3.63, 3.8) is 0 Å². The predicted octanol–water partition coefficient (Wildman–Crippen LogP) is 5.02. The number of amides is 2. The van der Waals surface area contributed by atoms with Crippen molar-refractivity contribution in [3.8, 4) is 0 Å². The van der Waals surface area contributed by atoms with Crippen LogP contribution in [0.2, 0.25) is 0 Å². The summed E-state index contributed by atoms with van der Waals surface area (Å²) in [7, 11) is 1.66. The molecule has 4 aromatic rings. The van der Waals surface area contributed by atoms with E-state index in [1.807, 2.05) is 37.3 Å². The van der Waals surface area contributed by atoms with Crippen LogP contribution in [-0.2, 0) is 4.79 Å². The van der Waals surface area contributed by atoms with E-state index in [0.29, 0.717) is 10.6 Å². The fourth-order valence-corrected chi connectivity index (χ4v) is 4.96. The minimum atomic E-state index is -0.346. The van der Waals surface area contributed by atoms with E-state index in [-0.39, 0.29) is 35.5 Å². The van der Waals surface area contributed by atoms with Crippen molar-refractivity contribution >= 4 is 39.9 Å². The van der Waals surface area contributed by atoms with E-state index in [1.54, 1.807) is 25.2 Å². The molecular weight excluding hydrogens is 439 g/mol. The Morgan fingerprint density at radius 2 is 1.91 bits per heavy atom. The Bertz CT molecular complexity index is 1300. The van der Waals surface area contributed by atoms with E-state index in [4.69, 9.17) is 0 Å². The topological polar surface area (TPSA) is 78.1 Å². The summed E-state index contributed by atoms with van der Waals surface area (Å²) in [4.78, 5) is 36.5. The molecule has 8 heteroatoms. The number of thiophene rings is 1. The van der Waals surface area contributed by atoms with Gasteiger partial charge in [0.05, 0.1) is 22.0 Å². The zero-order valence-electron chi connectivity index (χ0n) is 18.2. The van der Waals surface area contributed by atoms with Crippen LogP contribution in [-0.4, -0.2) is 28.8 Å². The summed E-state index contributed by atoms with van der Waals surface area (Å²) in [5.74, 6) is 0.340. The molecule has 0 aliphatic heterocycles. The minimum Gasteiger partial charge on any atom is -0.349 e. The number of nitrogens with zero attached hydrogens (tertiary/aromatic N) is 2. The summed E-state index contributed by atoms with van der Waals surface area (Å²) < 4.78 is 13.2. The van der Waals surface area contributed by atoms with Crippen LogP contribution in [0.3, 0.4) is 0 Å². The molecule has 5 rings (SSSR count). The van der Waals surface area contributed by atoms with Gasteiger partial charge in [0.2, 0.25) is 5.91 Å². The second-order valence-electron chi connectivity index (χ2n) is 8.36. The predicted molar refractivity (Wildman–Crippen MR) is 127 cm³/mol. The maximum atomic E-state index is 13.2. The standard InChI is InChI=1S/C25H23FN4O2S/c1-14(21-11-12-22(33-21)25(32)30(2)16-9-7-15(26)8-10-16)27-24(31)18-13-17(18)23-28-19-5-3-4-6-20(19)29-23/h3-12,14,17-18H,13H2,1-2H3,(H,27,31)(H,28,29)/t14?,17-,18-/m1/s1. The highest BCUT2D eigenvalue weighted by Crippen LogP contribution is 2.47. The van der Waals surface area contributed by atoms with Crippen molar-refractivity contribution in [1.82, 2.24) is 15.3 Å².